The maximum atomic E-state index is 11.8. The molecule has 0 spiro atoms. The van der Waals surface area contributed by atoms with Crippen LogP contribution in [0.3, 0.4) is 0 Å². The van der Waals surface area contributed by atoms with Gasteiger partial charge in [0.05, 0.1) is 6.61 Å². The predicted octanol–water partition coefficient (Wildman–Crippen LogP) is 3.72. The summed E-state index contributed by atoms with van der Waals surface area (Å²) < 4.78 is 5.39. The van der Waals surface area contributed by atoms with Crippen molar-refractivity contribution in [2.24, 2.45) is 0 Å². The van der Waals surface area contributed by atoms with Gasteiger partial charge in [-0.2, -0.15) is 0 Å². The molecule has 0 unspecified atom stereocenters. The van der Waals surface area contributed by atoms with Gasteiger partial charge >= 0.3 is 0 Å². The Morgan fingerprint density at radius 1 is 1.04 bits per heavy atom. The zero-order valence-electron chi connectivity index (χ0n) is 14.0. The molecule has 0 aliphatic rings. The molecule has 0 bridgehead atoms. The van der Waals surface area contributed by atoms with Crippen LogP contribution in [0, 0.1) is 0 Å². The summed E-state index contributed by atoms with van der Waals surface area (Å²) in [5.74, 6) is 0.758. The molecule has 0 heterocycles. The zero-order chi connectivity index (χ0) is 17.0. The fraction of sp³-hybridized carbons (Fsp3) is 0.250. The van der Waals surface area contributed by atoms with Crippen LogP contribution in [0.15, 0.2) is 60.7 Å². The molecule has 2 rings (SSSR count). The van der Waals surface area contributed by atoms with Crippen molar-refractivity contribution in [3.63, 3.8) is 0 Å². The molecule has 0 radical (unpaired) electrons. The minimum atomic E-state index is -0.0800. The van der Waals surface area contributed by atoms with Crippen molar-refractivity contribution in [2.45, 2.75) is 13.3 Å². The van der Waals surface area contributed by atoms with E-state index in [1.807, 2.05) is 61.5 Å². The summed E-state index contributed by atoms with van der Waals surface area (Å²) in [6.45, 7) is 4.07. The van der Waals surface area contributed by atoms with E-state index in [4.69, 9.17) is 4.74 Å². The smallest absolute Gasteiger partial charge is 0.244 e. The molecule has 2 aromatic rings. The highest BCUT2D eigenvalue weighted by atomic mass is 16.5. The third-order valence-electron chi connectivity index (χ3n) is 3.37. The zero-order valence-corrected chi connectivity index (χ0v) is 14.0. The summed E-state index contributed by atoms with van der Waals surface area (Å²) in [6, 6.07) is 17.7. The first-order valence-electron chi connectivity index (χ1n) is 8.25. The molecule has 4 heteroatoms. The SMILES string of the molecule is CCOc1ccc(C=CC(=O)NCCCNc2ccccc2)cc1. The van der Waals surface area contributed by atoms with Gasteiger partial charge in [-0.25, -0.2) is 0 Å². The van der Waals surface area contributed by atoms with Crippen LogP contribution in [-0.4, -0.2) is 25.6 Å². The Morgan fingerprint density at radius 3 is 2.50 bits per heavy atom. The molecule has 0 aliphatic heterocycles. The van der Waals surface area contributed by atoms with Crippen LogP contribution in [0.2, 0.25) is 0 Å². The van der Waals surface area contributed by atoms with Gasteiger partial charge in [-0.15, -0.1) is 0 Å². The first-order valence-corrected chi connectivity index (χ1v) is 8.25. The van der Waals surface area contributed by atoms with E-state index in [1.165, 1.54) is 0 Å². The minimum Gasteiger partial charge on any atom is -0.494 e. The molecular formula is C20H24N2O2. The summed E-state index contributed by atoms with van der Waals surface area (Å²) in [5.41, 5.74) is 2.07. The number of ether oxygens (including phenoxy) is 1. The molecule has 0 atom stereocenters. The number of para-hydroxylation sites is 1. The van der Waals surface area contributed by atoms with E-state index in [0.29, 0.717) is 13.2 Å². The summed E-state index contributed by atoms with van der Waals surface area (Å²) in [7, 11) is 0. The Labute approximate surface area is 143 Å². The fourth-order valence-corrected chi connectivity index (χ4v) is 2.16. The molecule has 126 valence electrons. The van der Waals surface area contributed by atoms with E-state index in [9.17, 15) is 4.79 Å². The Balaban J connectivity index is 1.63. The number of anilines is 1. The van der Waals surface area contributed by atoms with Crippen molar-refractivity contribution >= 4 is 17.7 Å². The van der Waals surface area contributed by atoms with Gasteiger partial charge in [0.25, 0.3) is 0 Å². The number of benzene rings is 2. The van der Waals surface area contributed by atoms with E-state index in [1.54, 1.807) is 12.2 Å². The molecule has 0 aliphatic carbocycles. The highest BCUT2D eigenvalue weighted by molar-refractivity contribution is 5.91. The van der Waals surface area contributed by atoms with Crippen molar-refractivity contribution in [1.29, 1.82) is 0 Å². The first kappa shape index (κ1) is 17.6. The largest absolute Gasteiger partial charge is 0.494 e. The maximum absolute atomic E-state index is 11.8. The van der Waals surface area contributed by atoms with Crippen molar-refractivity contribution in [3.05, 3.63) is 66.2 Å². The van der Waals surface area contributed by atoms with E-state index in [2.05, 4.69) is 10.6 Å². The molecule has 2 N–H and O–H groups in total. The van der Waals surface area contributed by atoms with Crippen molar-refractivity contribution in [1.82, 2.24) is 5.32 Å². The number of hydrogen-bond acceptors (Lipinski definition) is 3. The average Bonchev–Trinajstić information content (AvgIpc) is 2.62. The van der Waals surface area contributed by atoms with Gasteiger partial charge in [0.15, 0.2) is 0 Å². The van der Waals surface area contributed by atoms with Crippen LogP contribution < -0.4 is 15.4 Å². The third-order valence-corrected chi connectivity index (χ3v) is 3.37. The Morgan fingerprint density at radius 2 is 1.79 bits per heavy atom. The number of hydrogen-bond donors (Lipinski definition) is 2. The summed E-state index contributed by atoms with van der Waals surface area (Å²) in [4.78, 5) is 11.8. The minimum absolute atomic E-state index is 0.0800. The second-order valence-corrected chi connectivity index (χ2v) is 5.27. The fourth-order valence-electron chi connectivity index (χ4n) is 2.16. The Kier molecular flexibility index (Phi) is 7.41. The van der Waals surface area contributed by atoms with Crippen LogP contribution in [0.5, 0.6) is 5.75 Å². The van der Waals surface area contributed by atoms with Crippen LogP contribution >= 0.6 is 0 Å². The van der Waals surface area contributed by atoms with Crippen molar-refractivity contribution in [3.8, 4) is 5.75 Å². The van der Waals surface area contributed by atoms with E-state index in [-0.39, 0.29) is 5.91 Å². The van der Waals surface area contributed by atoms with E-state index in [0.717, 1.165) is 30.0 Å². The highest BCUT2D eigenvalue weighted by Gasteiger charge is 1.96. The predicted molar refractivity (Wildman–Crippen MR) is 99.2 cm³/mol. The molecular weight excluding hydrogens is 300 g/mol. The number of rotatable bonds is 9. The Bertz CT molecular complexity index is 636. The van der Waals surface area contributed by atoms with Crippen LogP contribution in [-0.2, 0) is 4.79 Å². The standard InChI is InChI=1S/C20H24N2O2/c1-2-24-19-12-9-17(10-13-19)11-14-20(23)22-16-6-15-21-18-7-4-3-5-8-18/h3-5,7-14,21H,2,6,15-16H2,1H3,(H,22,23). The molecule has 0 aromatic heterocycles. The van der Waals surface area contributed by atoms with Gasteiger partial charge in [0, 0.05) is 24.9 Å². The maximum Gasteiger partial charge on any atom is 0.244 e. The third kappa shape index (κ3) is 6.57. The lowest BCUT2D eigenvalue weighted by molar-refractivity contribution is -0.116. The highest BCUT2D eigenvalue weighted by Crippen LogP contribution is 2.12. The molecule has 0 saturated heterocycles. The average molecular weight is 324 g/mol. The number of carbonyl (C=O) groups is 1. The van der Waals surface area contributed by atoms with Crippen molar-refractivity contribution < 1.29 is 9.53 Å². The quantitative estimate of drug-likeness (QED) is 0.546. The summed E-state index contributed by atoms with van der Waals surface area (Å²) >= 11 is 0. The number of amides is 1. The molecule has 0 fully saturated rings. The Hall–Kier alpha value is -2.75. The van der Waals surface area contributed by atoms with Crippen LogP contribution in [0.4, 0.5) is 5.69 Å². The topological polar surface area (TPSA) is 50.4 Å². The lowest BCUT2D eigenvalue weighted by Gasteiger charge is -2.06. The van der Waals surface area contributed by atoms with E-state index >= 15 is 0 Å². The van der Waals surface area contributed by atoms with Gasteiger partial charge in [-0.3, -0.25) is 4.79 Å². The van der Waals surface area contributed by atoms with Crippen LogP contribution in [0.25, 0.3) is 6.08 Å². The van der Waals surface area contributed by atoms with Gasteiger partial charge in [-0.1, -0.05) is 30.3 Å². The lowest BCUT2D eigenvalue weighted by atomic mass is 10.2. The van der Waals surface area contributed by atoms with Crippen molar-refractivity contribution in [2.75, 3.05) is 25.0 Å². The molecule has 2 aromatic carbocycles. The number of carbonyl (C=O) groups excluding carboxylic acids is 1. The van der Waals surface area contributed by atoms with E-state index < -0.39 is 0 Å². The molecule has 0 saturated carbocycles. The first-order chi connectivity index (χ1) is 11.8. The van der Waals surface area contributed by atoms with Gasteiger partial charge < -0.3 is 15.4 Å². The molecule has 24 heavy (non-hydrogen) atoms. The second-order valence-electron chi connectivity index (χ2n) is 5.27. The molecule has 4 nitrogen and oxygen atoms in total. The van der Waals surface area contributed by atoms with Gasteiger partial charge in [-0.05, 0) is 49.2 Å². The van der Waals surface area contributed by atoms with Gasteiger partial charge in [0.2, 0.25) is 5.91 Å². The van der Waals surface area contributed by atoms with Gasteiger partial charge in [0.1, 0.15) is 5.75 Å². The normalized spacial score (nSPS) is 10.5. The number of nitrogens with one attached hydrogen (secondary N) is 2. The molecule has 1 amide bonds. The monoisotopic (exact) mass is 324 g/mol. The lowest BCUT2D eigenvalue weighted by Crippen LogP contribution is -2.23. The second kappa shape index (κ2) is 10.1. The van der Waals surface area contributed by atoms with Crippen LogP contribution in [0.1, 0.15) is 18.9 Å². The summed E-state index contributed by atoms with van der Waals surface area (Å²) in [6.07, 6.45) is 4.23. The summed E-state index contributed by atoms with van der Waals surface area (Å²) in [5, 5.41) is 6.19.